The molecule has 1 aromatic rings. The zero-order chi connectivity index (χ0) is 14.2. The average molecular weight is 272 g/mol. The number of methoxy groups -OCH3 is 1. The van der Waals surface area contributed by atoms with E-state index in [9.17, 15) is 9.59 Å². The number of rotatable bonds is 4. The summed E-state index contributed by atoms with van der Waals surface area (Å²) in [5.74, 6) is 0.668. The molecule has 1 spiro atoms. The molecule has 20 heavy (non-hydrogen) atoms. The second-order valence-electron chi connectivity index (χ2n) is 5.08. The van der Waals surface area contributed by atoms with Crippen molar-refractivity contribution < 1.29 is 14.3 Å². The molecule has 0 bridgehead atoms. The van der Waals surface area contributed by atoms with Crippen molar-refractivity contribution in [1.82, 2.24) is 5.32 Å². The molecule has 1 aliphatic carbocycles. The maximum absolute atomic E-state index is 12.3. The molecule has 2 amide bonds. The fourth-order valence-electron chi connectivity index (χ4n) is 3.00. The zero-order valence-electron chi connectivity index (χ0n) is 11.3. The van der Waals surface area contributed by atoms with Gasteiger partial charge >= 0.3 is 0 Å². The van der Waals surface area contributed by atoms with Crippen LogP contribution in [0.5, 0.6) is 5.75 Å². The van der Waals surface area contributed by atoms with Crippen molar-refractivity contribution >= 4 is 18.0 Å². The first-order valence-corrected chi connectivity index (χ1v) is 6.62. The second kappa shape index (κ2) is 4.67. The third-order valence-electron chi connectivity index (χ3n) is 4.14. The highest BCUT2D eigenvalue weighted by atomic mass is 16.5. The molecule has 5 heteroatoms. The van der Waals surface area contributed by atoms with E-state index in [1.807, 2.05) is 24.3 Å². The summed E-state index contributed by atoms with van der Waals surface area (Å²) < 4.78 is 5.14. The lowest BCUT2D eigenvalue weighted by Gasteiger charge is -2.47. The van der Waals surface area contributed by atoms with Crippen LogP contribution in [0.2, 0.25) is 0 Å². The molecule has 1 aromatic carbocycles. The van der Waals surface area contributed by atoms with Crippen LogP contribution >= 0.6 is 0 Å². The molecule has 1 heterocycles. The third-order valence-corrected chi connectivity index (χ3v) is 4.14. The lowest BCUT2D eigenvalue weighted by molar-refractivity contribution is -0.114. The lowest BCUT2D eigenvalue weighted by Crippen LogP contribution is -2.55. The van der Waals surface area contributed by atoms with Crippen molar-refractivity contribution in [1.29, 1.82) is 0 Å². The Balaban J connectivity index is 1.96. The molecule has 1 aliphatic heterocycles. The molecule has 1 saturated carbocycles. The van der Waals surface area contributed by atoms with E-state index in [1.165, 1.54) is 6.08 Å². The molecule has 2 aliphatic rings. The topological polar surface area (TPSA) is 58.6 Å². The summed E-state index contributed by atoms with van der Waals surface area (Å²) in [6, 6.07) is 7.41. The highest BCUT2D eigenvalue weighted by molar-refractivity contribution is 6.07. The number of nitrogens with zero attached hydrogens (tertiary/aromatic N) is 1. The van der Waals surface area contributed by atoms with Crippen LogP contribution < -0.4 is 15.0 Å². The Morgan fingerprint density at radius 1 is 1.30 bits per heavy atom. The van der Waals surface area contributed by atoms with Crippen LogP contribution in [0.1, 0.15) is 19.3 Å². The summed E-state index contributed by atoms with van der Waals surface area (Å²) in [6.07, 6.45) is 4.96. The van der Waals surface area contributed by atoms with Gasteiger partial charge in [0.1, 0.15) is 5.75 Å². The van der Waals surface area contributed by atoms with Gasteiger partial charge in [-0.1, -0.05) is 0 Å². The first kappa shape index (κ1) is 12.7. The highest BCUT2D eigenvalue weighted by Gasteiger charge is 2.52. The van der Waals surface area contributed by atoms with Gasteiger partial charge in [0.2, 0.25) is 6.41 Å². The molecule has 0 aromatic heterocycles. The van der Waals surface area contributed by atoms with Gasteiger partial charge < -0.3 is 10.1 Å². The molecule has 1 N–H and O–H groups in total. The highest BCUT2D eigenvalue weighted by Crippen LogP contribution is 2.48. The van der Waals surface area contributed by atoms with E-state index in [2.05, 4.69) is 5.32 Å². The number of benzene rings is 1. The molecule has 0 atom stereocenters. The Bertz CT molecular complexity index is 573. The van der Waals surface area contributed by atoms with Crippen LogP contribution in [0.4, 0.5) is 5.69 Å². The SMILES string of the molecule is COc1ccc(N2C(=O)C=C(NC=O)C23CCC3)cc1. The third kappa shape index (κ3) is 1.70. The maximum atomic E-state index is 12.3. The van der Waals surface area contributed by atoms with Gasteiger partial charge in [0.15, 0.2) is 0 Å². The minimum Gasteiger partial charge on any atom is -0.497 e. The predicted molar refractivity (Wildman–Crippen MR) is 74.3 cm³/mol. The fraction of sp³-hybridized carbons (Fsp3) is 0.333. The molecule has 0 unspecified atom stereocenters. The van der Waals surface area contributed by atoms with Gasteiger partial charge in [-0.3, -0.25) is 14.5 Å². The van der Waals surface area contributed by atoms with E-state index in [4.69, 9.17) is 4.74 Å². The smallest absolute Gasteiger partial charge is 0.253 e. The number of nitrogens with one attached hydrogen (secondary N) is 1. The van der Waals surface area contributed by atoms with Crippen LogP contribution in [0.25, 0.3) is 0 Å². The van der Waals surface area contributed by atoms with Gasteiger partial charge in [-0.2, -0.15) is 0 Å². The average Bonchev–Trinajstić information content (AvgIpc) is 2.72. The summed E-state index contributed by atoms with van der Waals surface area (Å²) in [4.78, 5) is 24.8. The van der Waals surface area contributed by atoms with Gasteiger partial charge in [-0.15, -0.1) is 0 Å². The van der Waals surface area contributed by atoms with Gasteiger partial charge in [0.25, 0.3) is 5.91 Å². The van der Waals surface area contributed by atoms with Crippen molar-refractivity contribution in [3.63, 3.8) is 0 Å². The summed E-state index contributed by atoms with van der Waals surface area (Å²) in [7, 11) is 1.61. The number of anilines is 1. The monoisotopic (exact) mass is 272 g/mol. The normalized spacial score (nSPS) is 19.6. The number of hydrogen-bond acceptors (Lipinski definition) is 3. The Morgan fingerprint density at radius 2 is 2.00 bits per heavy atom. The quantitative estimate of drug-likeness (QED) is 0.847. The second-order valence-corrected chi connectivity index (χ2v) is 5.08. The van der Waals surface area contributed by atoms with E-state index < -0.39 is 0 Å². The number of hydrogen-bond donors (Lipinski definition) is 1. The Hall–Kier alpha value is -2.30. The molecular weight excluding hydrogens is 256 g/mol. The van der Waals surface area contributed by atoms with Gasteiger partial charge in [0.05, 0.1) is 12.6 Å². The maximum Gasteiger partial charge on any atom is 0.253 e. The van der Waals surface area contributed by atoms with Crippen molar-refractivity contribution in [2.24, 2.45) is 0 Å². The lowest BCUT2D eigenvalue weighted by atomic mass is 9.74. The van der Waals surface area contributed by atoms with Gasteiger partial charge in [-0.05, 0) is 43.5 Å². The van der Waals surface area contributed by atoms with Gasteiger partial charge in [0, 0.05) is 17.5 Å². The molecule has 0 radical (unpaired) electrons. The van der Waals surface area contributed by atoms with Crippen molar-refractivity contribution in [2.45, 2.75) is 24.8 Å². The van der Waals surface area contributed by atoms with Crippen LogP contribution in [-0.2, 0) is 9.59 Å². The van der Waals surface area contributed by atoms with E-state index in [-0.39, 0.29) is 11.4 Å². The Morgan fingerprint density at radius 3 is 2.50 bits per heavy atom. The van der Waals surface area contributed by atoms with Crippen molar-refractivity contribution in [3.05, 3.63) is 36.0 Å². The molecule has 0 saturated heterocycles. The number of ether oxygens (including phenoxy) is 1. The van der Waals surface area contributed by atoms with Crippen LogP contribution in [0.3, 0.4) is 0 Å². The van der Waals surface area contributed by atoms with Crippen LogP contribution in [0, 0.1) is 0 Å². The summed E-state index contributed by atoms with van der Waals surface area (Å²) >= 11 is 0. The fourth-order valence-corrected chi connectivity index (χ4v) is 3.00. The summed E-state index contributed by atoms with van der Waals surface area (Å²) in [5.41, 5.74) is 1.17. The molecule has 1 fully saturated rings. The minimum absolute atomic E-state index is 0.0841. The minimum atomic E-state index is -0.368. The molecule has 3 rings (SSSR count). The predicted octanol–water partition coefficient (Wildman–Crippen LogP) is 1.59. The Labute approximate surface area is 117 Å². The molecule has 104 valence electrons. The van der Waals surface area contributed by atoms with Crippen LogP contribution in [0.15, 0.2) is 36.0 Å². The number of carbonyl (C=O) groups is 2. The van der Waals surface area contributed by atoms with Gasteiger partial charge in [-0.25, -0.2) is 0 Å². The Kier molecular flexibility index (Phi) is 2.97. The van der Waals surface area contributed by atoms with E-state index in [1.54, 1.807) is 12.0 Å². The first-order chi connectivity index (χ1) is 9.71. The van der Waals surface area contributed by atoms with Crippen molar-refractivity contribution in [3.8, 4) is 5.75 Å². The first-order valence-electron chi connectivity index (χ1n) is 6.62. The van der Waals surface area contributed by atoms with E-state index in [0.29, 0.717) is 12.1 Å². The van der Waals surface area contributed by atoms with Crippen LogP contribution in [-0.4, -0.2) is 25.0 Å². The van der Waals surface area contributed by atoms with E-state index in [0.717, 1.165) is 30.7 Å². The summed E-state index contributed by atoms with van der Waals surface area (Å²) in [6.45, 7) is 0. The van der Waals surface area contributed by atoms with E-state index >= 15 is 0 Å². The largest absolute Gasteiger partial charge is 0.497 e. The zero-order valence-corrected chi connectivity index (χ0v) is 11.3. The molecular formula is C15H16N2O3. The summed E-state index contributed by atoms with van der Waals surface area (Å²) in [5, 5.41) is 2.68. The number of amides is 2. The molecule has 5 nitrogen and oxygen atoms in total. The van der Waals surface area contributed by atoms with Crippen molar-refractivity contribution in [2.75, 3.05) is 12.0 Å². The number of carbonyl (C=O) groups excluding carboxylic acids is 2. The standard InChI is InChI=1S/C15H16N2O3/c1-20-12-5-3-11(4-6-12)17-14(19)9-13(16-10-18)15(17)7-2-8-15/h3-6,9-10H,2,7-8H2,1H3,(H,16,18).